The van der Waals surface area contributed by atoms with Crippen molar-refractivity contribution in [3.63, 3.8) is 0 Å². The van der Waals surface area contributed by atoms with E-state index in [1.54, 1.807) is 6.07 Å². The maximum atomic E-state index is 12.1. The third-order valence-corrected chi connectivity index (χ3v) is 4.50. The van der Waals surface area contributed by atoms with Crippen molar-refractivity contribution in [2.75, 3.05) is 6.61 Å². The van der Waals surface area contributed by atoms with Gasteiger partial charge in [-0.3, -0.25) is 4.79 Å². The second-order valence-electron chi connectivity index (χ2n) is 5.79. The fraction of sp³-hybridized carbons (Fsp3) is 0.333. The van der Waals surface area contributed by atoms with E-state index in [9.17, 15) is 9.59 Å². The summed E-state index contributed by atoms with van der Waals surface area (Å²) in [4.78, 5) is 28.8. The predicted octanol–water partition coefficient (Wildman–Crippen LogP) is 2.53. The Kier molecular flexibility index (Phi) is 5.62. The van der Waals surface area contributed by atoms with Crippen molar-refractivity contribution in [3.8, 4) is 5.75 Å². The normalized spacial score (nSPS) is 10.8. The van der Waals surface area contributed by atoms with E-state index in [0.29, 0.717) is 16.4 Å². The number of carbonyl (C=O) groups is 1. The van der Waals surface area contributed by atoms with Crippen LogP contribution in [0, 0.1) is 6.92 Å². The molecule has 0 spiro atoms. The van der Waals surface area contributed by atoms with Crippen molar-refractivity contribution in [1.82, 2.24) is 14.6 Å². The average molecular weight is 373 g/mol. The average Bonchev–Trinajstić information content (AvgIpc) is 3.02. The zero-order valence-corrected chi connectivity index (χ0v) is 15.4. The van der Waals surface area contributed by atoms with Crippen LogP contribution in [-0.4, -0.2) is 27.2 Å². The van der Waals surface area contributed by atoms with E-state index in [1.165, 1.54) is 21.9 Å². The van der Waals surface area contributed by atoms with Crippen molar-refractivity contribution >= 4 is 22.3 Å². The minimum atomic E-state index is -0.524. The number of hydrogen-bond donors (Lipinski definition) is 0. The number of ether oxygens (including phenoxy) is 2. The van der Waals surface area contributed by atoms with Gasteiger partial charge in [0, 0.05) is 12.5 Å². The number of fused-ring (bicyclic) bond motifs is 1. The third kappa shape index (κ3) is 4.45. The first-order valence-corrected chi connectivity index (χ1v) is 9.10. The standard InChI is InChI=1S/C18H19N3O4S/c1-3-5-15-20-21-16(22)9-13(19-18(21)26-15)10-25-17(23)11-24-14-7-4-6-12(2)8-14/h4,6-9H,3,5,10-11H2,1-2H3. The Bertz CT molecular complexity index is 980. The van der Waals surface area contributed by atoms with Crippen LogP contribution in [0.15, 0.2) is 35.1 Å². The Balaban J connectivity index is 1.60. The van der Waals surface area contributed by atoms with Crippen molar-refractivity contribution in [1.29, 1.82) is 0 Å². The lowest BCUT2D eigenvalue weighted by molar-refractivity contribution is -0.147. The highest BCUT2D eigenvalue weighted by Crippen LogP contribution is 2.14. The summed E-state index contributed by atoms with van der Waals surface area (Å²) in [7, 11) is 0. The Morgan fingerprint density at radius 3 is 2.92 bits per heavy atom. The van der Waals surface area contributed by atoms with Crippen molar-refractivity contribution in [2.45, 2.75) is 33.3 Å². The molecule has 0 atom stereocenters. The smallest absolute Gasteiger partial charge is 0.344 e. The van der Waals surface area contributed by atoms with Crippen LogP contribution in [-0.2, 0) is 22.6 Å². The molecule has 0 saturated heterocycles. The first-order valence-electron chi connectivity index (χ1n) is 8.29. The highest BCUT2D eigenvalue weighted by molar-refractivity contribution is 7.16. The van der Waals surface area contributed by atoms with Crippen LogP contribution in [0.1, 0.15) is 29.6 Å². The largest absolute Gasteiger partial charge is 0.482 e. The molecule has 2 aromatic heterocycles. The molecule has 7 nitrogen and oxygen atoms in total. The molecule has 136 valence electrons. The van der Waals surface area contributed by atoms with E-state index >= 15 is 0 Å². The molecule has 0 fully saturated rings. The summed E-state index contributed by atoms with van der Waals surface area (Å²) in [5.41, 5.74) is 1.15. The predicted molar refractivity (Wildman–Crippen MR) is 97.6 cm³/mol. The van der Waals surface area contributed by atoms with Gasteiger partial charge in [-0.25, -0.2) is 9.78 Å². The summed E-state index contributed by atoms with van der Waals surface area (Å²) in [6.07, 6.45) is 1.74. The van der Waals surface area contributed by atoms with Crippen LogP contribution in [0.4, 0.5) is 0 Å². The summed E-state index contributed by atoms with van der Waals surface area (Å²) in [6, 6.07) is 8.73. The minimum absolute atomic E-state index is 0.0806. The number of aromatic nitrogens is 3. The Morgan fingerprint density at radius 2 is 2.15 bits per heavy atom. The Morgan fingerprint density at radius 1 is 1.31 bits per heavy atom. The lowest BCUT2D eigenvalue weighted by atomic mass is 10.2. The third-order valence-electron chi connectivity index (χ3n) is 3.53. The molecule has 0 N–H and O–H groups in total. The lowest BCUT2D eigenvalue weighted by Gasteiger charge is -2.07. The van der Waals surface area contributed by atoms with Crippen molar-refractivity contribution in [2.24, 2.45) is 0 Å². The molecule has 0 aliphatic carbocycles. The van der Waals surface area contributed by atoms with E-state index in [1.807, 2.05) is 32.0 Å². The van der Waals surface area contributed by atoms with E-state index in [-0.39, 0.29) is 18.8 Å². The molecule has 0 bridgehead atoms. The van der Waals surface area contributed by atoms with Gasteiger partial charge in [0.25, 0.3) is 5.56 Å². The number of benzene rings is 1. The fourth-order valence-electron chi connectivity index (χ4n) is 2.33. The molecule has 3 aromatic rings. The van der Waals surface area contributed by atoms with E-state index < -0.39 is 5.97 Å². The molecule has 1 aromatic carbocycles. The summed E-state index contributed by atoms with van der Waals surface area (Å²) in [5, 5.41) is 5.10. The van der Waals surface area contributed by atoms with Crippen LogP contribution in [0.25, 0.3) is 4.96 Å². The van der Waals surface area contributed by atoms with E-state index in [4.69, 9.17) is 9.47 Å². The Labute approximate surface area is 154 Å². The summed E-state index contributed by atoms with van der Waals surface area (Å²) >= 11 is 1.37. The van der Waals surface area contributed by atoms with Gasteiger partial charge in [-0.15, -0.1) is 0 Å². The number of rotatable bonds is 7. The van der Waals surface area contributed by atoms with Crippen molar-refractivity contribution in [3.05, 3.63) is 57.0 Å². The van der Waals surface area contributed by atoms with Crippen LogP contribution >= 0.6 is 11.3 Å². The zero-order chi connectivity index (χ0) is 18.5. The molecule has 0 amide bonds. The highest BCUT2D eigenvalue weighted by atomic mass is 32.1. The number of carbonyl (C=O) groups excluding carboxylic acids is 1. The second kappa shape index (κ2) is 8.09. The number of esters is 1. The molecule has 0 unspecified atom stereocenters. The lowest BCUT2D eigenvalue weighted by Crippen LogP contribution is -2.18. The van der Waals surface area contributed by atoms with E-state index in [2.05, 4.69) is 10.1 Å². The van der Waals surface area contributed by atoms with E-state index in [0.717, 1.165) is 23.4 Å². The van der Waals surface area contributed by atoms with Gasteiger partial charge < -0.3 is 9.47 Å². The molecule has 0 aliphatic heterocycles. The van der Waals surface area contributed by atoms with Gasteiger partial charge in [0.05, 0.1) is 5.69 Å². The van der Waals surface area contributed by atoms with Gasteiger partial charge >= 0.3 is 5.97 Å². The maximum Gasteiger partial charge on any atom is 0.344 e. The van der Waals surface area contributed by atoms with Crippen LogP contribution in [0.2, 0.25) is 0 Å². The fourth-order valence-corrected chi connectivity index (χ4v) is 3.35. The highest BCUT2D eigenvalue weighted by Gasteiger charge is 2.11. The quantitative estimate of drug-likeness (QED) is 0.592. The number of hydrogen-bond acceptors (Lipinski definition) is 7. The number of aryl methyl sites for hydroxylation is 2. The molecule has 3 rings (SSSR count). The molecule has 0 aliphatic rings. The SMILES string of the molecule is CCCc1nn2c(=O)cc(COC(=O)COc3cccc(C)c3)nc2s1. The molecular formula is C18H19N3O4S. The Hall–Kier alpha value is -2.74. The zero-order valence-electron chi connectivity index (χ0n) is 14.6. The first kappa shape index (κ1) is 18.1. The van der Waals surface area contributed by atoms with Gasteiger partial charge in [-0.1, -0.05) is 30.4 Å². The van der Waals surface area contributed by atoms with Gasteiger partial charge in [-0.2, -0.15) is 9.61 Å². The monoisotopic (exact) mass is 373 g/mol. The minimum Gasteiger partial charge on any atom is -0.482 e. The van der Waals surface area contributed by atoms with Crippen LogP contribution in [0.5, 0.6) is 5.75 Å². The van der Waals surface area contributed by atoms with Crippen LogP contribution in [0.3, 0.4) is 0 Å². The summed E-state index contributed by atoms with van der Waals surface area (Å²) in [5.74, 6) is 0.0809. The van der Waals surface area contributed by atoms with Gasteiger partial charge in [0.15, 0.2) is 6.61 Å². The molecule has 2 heterocycles. The molecule has 0 saturated carbocycles. The molecule has 8 heteroatoms. The molecule has 26 heavy (non-hydrogen) atoms. The van der Waals surface area contributed by atoms with Crippen LogP contribution < -0.4 is 10.3 Å². The van der Waals surface area contributed by atoms with Gasteiger partial charge in [-0.05, 0) is 31.0 Å². The summed E-state index contributed by atoms with van der Waals surface area (Å²) in [6.45, 7) is 3.71. The molecular weight excluding hydrogens is 354 g/mol. The maximum absolute atomic E-state index is 12.1. The van der Waals surface area contributed by atoms with Gasteiger partial charge in [0.2, 0.25) is 4.96 Å². The molecule has 0 radical (unpaired) electrons. The van der Waals surface area contributed by atoms with Crippen molar-refractivity contribution < 1.29 is 14.3 Å². The first-order chi connectivity index (χ1) is 12.5. The second-order valence-corrected chi connectivity index (χ2v) is 6.83. The topological polar surface area (TPSA) is 82.8 Å². The van der Waals surface area contributed by atoms with Gasteiger partial charge in [0.1, 0.15) is 17.4 Å². The summed E-state index contributed by atoms with van der Waals surface area (Å²) < 4.78 is 11.8. The number of nitrogens with zero attached hydrogens (tertiary/aromatic N) is 3.